The van der Waals surface area contributed by atoms with E-state index in [4.69, 9.17) is 9.36 Å². The van der Waals surface area contributed by atoms with Crippen molar-refractivity contribution in [1.29, 1.82) is 0 Å². The van der Waals surface area contributed by atoms with Crippen molar-refractivity contribution in [2.24, 2.45) is 11.1 Å². The molecule has 0 aliphatic carbocycles. The number of nitrogens with zero attached hydrogens (tertiary/aromatic N) is 5. The predicted molar refractivity (Wildman–Crippen MR) is 173 cm³/mol. The molecule has 0 radical (unpaired) electrons. The van der Waals surface area contributed by atoms with Crippen LogP contribution in [0.2, 0.25) is 0 Å². The number of barbiturate groups is 2. The Labute approximate surface area is 282 Å². The molecule has 1 aromatic rings. The molecule has 3 aliphatic heterocycles. The highest BCUT2D eigenvalue weighted by atomic mass is 16.7. The number of hydrogen-bond donors (Lipinski definition) is 1. The van der Waals surface area contributed by atoms with Gasteiger partial charge in [-0.15, -0.1) is 0 Å². The molecule has 8 amide bonds. The molecule has 1 N–H and O–H groups in total. The number of carbonyl (C=O) groups excluding carboxylic acids is 7. The lowest BCUT2D eigenvalue weighted by molar-refractivity contribution is -0.147. The van der Waals surface area contributed by atoms with Gasteiger partial charge in [-0.3, -0.25) is 38.8 Å². The summed E-state index contributed by atoms with van der Waals surface area (Å²) in [5.74, 6) is -7.45. The third-order valence-corrected chi connectivity index (χ3v) is 8.49. The summed E-state index contributed by atoms with van der Waals surface area (Å²) in [6, 6.07) is -1.45. The first-order chi connectivity index (χ1) is 23.5. The molecule has 4 rings (SSSR count). The molecule has 264 valence electrons. The van der Waals surface area contributed by atoms with Crippen LogP contribution < -0.4 is 5.63 Å². The Bertz CT molecular complexity index is 1590. The summed E-state index contributed by atoms with van der Waals surface area (Å²) in [6.07, 6.45) is 8.33. The number of allylic oxidation sites excluding steroid dienone is 2. The van der Waals surface area contributed by atoms with E-state index in [2.05, 4.69) is 10.3 Å². The number of oxime groups is 1. The van der Waals surface area contributed by atoms with Crippen LogP contribution in [0.4, 0.5) is 9.59 Å². The largest absolute Gasteiger partial charge is 0.367 e. The fraction of sp³-hybridized carbons (Fsp3) is 0.545. The Morgan fingerprint density at radius 2 is 1.08 bits per heavy atom. The molecule has 0 unspecified atom stereocenters. The van der Waals surface area contributed by atoms with Crippen LogP contribution in [0.25, 0.3) is 6.08 Å². The maximum atomic E-state index is 13.5. The van der Waals surface area contributed by atoms with Crippen molar-refractivity contribution in [2.75, 3.05) is 26.2 Å². The molecule has 2 fully saturated rings. The molecule has 3 aliphatic rings. The molecule has 16 nitrogen and oxygen atoms in total. The van der Waals surface area contributed by atoms with Gasteiger partial charge in [0, 0.05) is 26.2 Å². The van der Waals surface area contributed by atoms with Gasteiger partial charge in [-0.05, 0) is 37.8 Å². The van der Waals surface area contributed by atoms with Crippen LogP contribution in [0.3, 0.4) is 0 Å². The van der Waals surface area contributed by atoms with E-state index in [1.807, 2.05) is 27.7 Å². The van der Waals surface area contributed by atoms with Gasteiger partial charge in [-0.2, -0.15) is 0 Å². The Kier molecular flexibility index (Phi) is 12.2. The topological polar surface area (TPSA) is 200 Å². The number of unbranched alkanes of at least 4 members (excludes halogenated alkanes) is 4. The Balaban J connectivity index is 1.68. The van der Waals surface area contributed by atoms with E-state index in [9.17, 15) is 38.4 Å². The van der Waals surface area contributed by atoms with Gasteiger partial charge in [0.25, 0.3) is 0 Å². The van der Waals surface area contributed by atoms with Gasteiger partial charge in [-0.1, -0.05) is 64.6 Å². The van der Waals surface area contributed by atoms with Gasteiger partial charge in [0.1, 0.15) is 5.71 Å². The quantitative estimate of drug-likeness (QED) is 0.153. The number of amides is 8. The zero-order chi connectivity index (χ0) is 35.8. The number of hydrogen-bond acceptors (Lipinski definition) is 11. The van der Waals surface area contributed by atoms with E-state index < -0.39 is 59.1 Å². The number of carbonyl (C=O) groups is 7. The number of urea groups is 2. The molecule has 0 spiro atoms. The van der Waals surface area contributed by atoms with Crippen LogP contribution in [0.5, 0.6) is 0 Å². The van der Waals surface area contributed by atoms with Crippen LogP contribution >= 0.6 is 0 Å². The molecule has 49 heavy (non-hydrogen) atoms. The maximum Gasteiger partial charge on any atom is 0.367 e. The van der Waals surface area contributed by atoms with Crippen LogP contribution in [-0.2, 0) is 28.8 Å². The highest BCUT2D eigenvalue weighted by Crippen LogP contribution is 2.30. The smallest absolute Gasteiger partial charge is 0.338 e. The standard InChI is InChI=1S/C33H42N6O10/c1-5-9-16-36-26(40)22(27(41)37(32(36)46)17-10-6-2)24-20(30(44)48-34-24)14-13-15-21-25(35-49-31(21)45)23-28(42)38(18-11-7-3)33(47)39(29(23)43)19-12-8-4/h13-15,22-23,34H,5-12,16-19H2,1-4H3. The minimum atomic E-state index is -1.62. The predicted octanol–water partition coefficient (Wildman–Crippen LogP) is 3.30. The second kappa shape index (κ2) is 16.3. The summed E-state index contributed by atoms with van der Waals surface area (Å²) < 4.78 is 4.96. The first kappa shape index (κ1) is 36.7. The Morgan fingerprint density at radius 1 is 0.653 bits per heavy atom. The zero-order valence-electron chi connectivity index (χ0n) is 28.2. The van der Waals surface area contributed by atoms with Gasteiger partial charge in [0.05, 0.1) is 16.8 Å². The van der Waals surface area contributed by atoms with Crippen molar-refractivity contribution in [3.8, 4) is 0 Å². The molecule has 0 bridgehead atoms. The lowest BCUT2D eigenvalue weighted by atomic mass is 9.91. The van der Waals surface area contributed by atoms with E-state index in [1.54, 1.807) is 0 Å². The van der Waals surface area contributed by atoms with Crippen molar-refractivity contribution in [1.82, 2.24) is 24.8 Å². The van der Waals surface area contributed by atoms with Crippen molar-refractivity contribution in [3.05, 3.63) is 39.4 Å². The number of aromatic nitrogens is 1. The Hall–Kier alpha value is -5.15. The van der Waals surface area contributed by atoms with Crippen LogP contribution in [-0.4, -0.2) is 98.3 Å². The third-order valence-electron chi connectivity index (χ3n) is 8.49. The number of rotatable bonds is 16. The number of aromatic amines is 1. The molecule has 0 aromatic carbocycles. The molecule has 0 atom stereocenters. The van der Waals surface area contributed by atoms with Crippen molar-refractivity contribution >= 4 is 53.4 Å². The zero-order valence-corrected chi connectivity index (χ0v) is 28.2. The first-order valence-electron chi connectivity index (χ1n) is 16.8. The van der Waals surface area contributed by atoms with Gasteiger partial charge in [0.2, 0.25) is 23.6 Å². The average Bonchev–Trinajstić information content (AvgIpc) is 3.62. The lowest BCUT2D eigenvalue weighted by Crippen LogP contribution is -2.61. The molecular formula is C33H42N6O10. The average molecular weight is 683 g/mol. The summed E-state index contributed by atoms with van der Waals surface area (Å²) in [5, 5.41) is 6.10. The van der Waals surface area contributed by atoms with Crippen LogP contribution in [0, 0.1) is 5.92 Å². The molecule has 2 saturated heterocycles. The maximum absolute atomic E-state index is 13.5. The van der Waals surface area contributed by atoms with E-state index >= 15 is 0 Å². The van der Waals surface area contributed by atoms with Crippen molar-refractivity contribution < 1.29 is 42.9 Å². The van der Waals surface area contributed by atoms with Gasteiger partial charge >= 0.3 is 23.7 Å². The van der Waals surface area contributed by atoms with Gasteiger partial charge in [-0.25, -0.2) is 24.3 Å². The highest BCUT2D eigenvalue weighted by Gasteiger charge is 2.51. The summed E-state index contributed by atoms with van der Waals surface area (Å²) in [6.45, 7) is 7.87. The Morgan fingerprint density at radius 3 is 1.51 bits per heavy atom. The monoisotopic (exact) mass is 682 g/mol. The normalized spacial score (nSPS) is 19.1. The van der Waals surface area contributed by atoms with Crippen molar-refractivity contribution in [3.63, 3.8) is 0 Å². The lowest BCUT2D eigenvalue weighted by Gasteiger charge is -2.36. The molecular weight excluding hydrogens is 640 g/mol. The minimum Gasteiger partial charge on any atom is -0.338 e. The van der Waals surface area contributed by atoms with E-state index in [0.29, 0.717) is 51.4 Å². The highest BCUT2D eigenvalue weighted by molar-refractivity contribution is 6.37. The second-order valence-corrected chi connectivity index (χ2v) is 11.9. The fourth-order valence-corrected chi connectivity index (χ4v) is 5.66. The van der Waals surface area contributed by atoms with Gasteiger partial charge in [0.15, 0.2) is 11.8 Å². The first-order valence-corrected chi connectivity index (χ1v) is 16.8. The molecule has 16 heteroatoms. The van der Waals surface area contributed by atoms with E-state index in [1.165, 1.54) is 18.2 Å². The summed E-state index contributed by atoms with van der Waals surface area (Å²) in [5.41, 5.74) is -1.89. The third kappa shape index (κ3) is 7.32. The second-order valence-electron chi connectivity index (χ2n) is 11.9. The van der Waals surface area contributed by atoms with E-state index in [-0.39, 0.29) is 48.7 Å². The van der Waals surface area contributed by atoms with Gasteiger partial charge < -0.3 is 9.36 Å². The molecule has 4 heterocycles. The number of imide groups is 4. The minimum absolute atomic E-state index is 0.0730. The van der Waals surface area contributed by atoms with Crippen LogP contribution in [0.15, 0.2) is 32.2 Å². The fourth-order valence-electron chi connectivity index (χ4n) is 5.66. The number of nitrogens with one attached hydrogen (secondary N) is 1. The van der Waals surface area contributed by atoms with Crippen molar-refractivity contribution in [2.45, 2.75) is 85.0 Å². The summed E-state index contributed by atoms with van der Waals surface area (Å²) in [4.78, 5) is 115. The molecule has 0 saturated carbocycles. The van der Waals surface area contributed by atoms with E-state index in [0.717, 1.165) is 19.6 Å². The SMILES string of the molecule is CCCCN1C(=O)C(C2=NOC(=O)C2=CC=Cc2c(C3C(=O)N(CCCC)C(=O)N(CCCC)C3=O)[nH]oc2=O)C(=O)N(CCCC)C1=O. The number of H-pyrrole nitrogens is 1. The summed E-state index contributed by atoms with van der Waals surface area (Å²) in [7, 11) is 0. The summed E-state index contributed by atoms with van der Waals surface area (Å²) >= 11 is 0. The molecule has 1 aromatic heterocycles. The van der Waals surface area contributed by atoms with Crippen LogP contribution in [0.1, 0.15) is 96.2 Å².